The molecule has 0 saturated carbocycles. The molecule has 5 heteroatoms. The lowest BCUT2D eigenvalue weighted by Crippen LogP contribution is -2.38. The standard InChI is InChI=1S/C25H34N4O/c1-18(2)16-23(27-13-7-8-14-27)25(30)28-15-9-12-22(28)24-26-20-10-5-6-11-21(20)29(24)17-19(3)4/h5-8,10-11,13-14,18-19,22-23H,9,12,15-17H2,1-4H3. The van der Waals surface area contributed by atoms with Crippen molar-refractivity contribution in [3.63, 3.8) is 0 Å². The maximum absolute atomic E-state index is 13.8. The van der Waals surface area contributed by atoms with E-state index in [9.17, 15) is 4.79 Å². The van der Waals surface area contributed by atoms with E-state index in [4.69, 9.17) is 4.98 Å². The minimum Gasteiger partial charge on any atom is -0.342 e. The predicted molar refractivity (Wildman–Crippen MR) is 121 cm³/mol. The van der Waals surface area contributed by atoms with Gasteiger partial charge in [-0.1, -0.05) is 39.8 Å². The molecule has 4 rings (SSSR count). The van der Waals surface area contributed by atoms with E-state index in [0.717, 1.165) is 43.7 Å². The molecule has 1 amide bonds. The van der Waals surface area contributed by atoms with Crippen LogP contribution in [0.2, 0.25) is 0 Å². The van der Waals surface area contributed by atoms with Crippen molar-refractivity contribution >= 4 is 16.9 Å². The quantitative estimate of drug-likeness (QED) is 0.524. The van der Waals surface area contributed by atoms with Crippen LogP contribution >= 0.6 is 0 Å². The Hall–Kier alpha value is -2.56. The van der Waals surface area contributed by atoms with Gasteiger partial charge in [0.25, 0.3) is 0 Å². The zero-order valence-corrected chi connectivity index (χ0v) is 18.7. The maximum Gasteiger partial charge on any atom is 0.246 e. The lowest BCUT2D eigenvalue weighted by atomic mass is 10.0. The molecule has 30 heavy (non-hydrogen) atoms. The van der Waals surface area contributed by atoms with Gasteiger partial charge in [-0.15, -0.1) is 0 Å². The highest BCUT2D eigenvalue weighted by Gasteiger charge is 2.37. The minimum absolute atomic E-state index is 0.0499. The van der Waals surface area contributed by atoms with Gasteiger partial charge < -0.3 is 14.0 Å². The SMILES string of the molecule is CC(C)CC(C(=O)N1CCCC1c1nc2ccccc2n1CC(C)C)n1cccc1. The van der Waals surface area contributed by atoms with Gasteiger partial charge >= 0.3 is 0 Å². The second kappa shape index (κ2) is 8.66. The molecule has 2 unspecified atom stereocenters. The summed E-state index contributed by atoms with van der Waals surface area (Å²) >= 11 is 0. The number of hydrogen-bond acceptors (Lipinski definition) is 2. The molecule has 160 valence electrons. The summed E-state index contributed by atoms with van der Waals surface area (Å²) in [6.45, 7) is 10.6. The highest BCUT2D eigenvalue weighted by atomic mass is 16.2. The molecule has 0 spiro atoms. The highest BCUT2D eigenvalue weighted by Crippen LogP contribution is 2.36. The van der Waals surface area contributed by atoms with E-state index in [-0.39, 0.29) is 18.0 Å². The molecule has 1 fully saturated rings. The van der Waals surface area contributed by atoms with E-state index < -0.39 is 0 Å². The van der Waals surface area contributed by atoms with Crippen LogP contribution in [0.25, 0.3) is 11.0 Å². The number of carbonyl (C=O) groups is 1. The van der Waals surface area contributed by atoms with Gasteiger partial charge in [-0.05, 0) is 55.4 Å². The summed E-state index contributed by atoms with van der Waals surface area (Å²) in [5.41, 5.74) is 2.20. The van der Waals surface area contributed by atoms with Crippen LogP contribution in [0.15, 0.2) is 48.8 Å². The molecule has 0 N–H and O–H groups in total. The number of rotatable bonds is 7. The summed E-state index contributed by atoms with van der Waals surface area (Å²) in [4.78, 5) is 20.9. The summed E-state index contributed by atoms with van der Waals surface area (Å²) in [7, 11) is 0. The molecule has 0 radical (unpaired) electrons. The van der Waals surface area contributed by atoms with Crippen molar-refractivity contribution in [2.24, 2.45) is 11.8 Å². The second-order valence-electron chi connectivity index (χ2n) is 9.43. The summed E-state index contributed by atoms with van der Waals surface area (Å²) in [5, 5.41) is 0. The summed E-state index contributed by atoms with van der Waals surface area (Å²) in [6.07, 6.45) is 6.89. The molecule has 1 saturated heterocycles. The van der Waals surface area contributed by atoms with E-state index in [1.807, 2.05) is 30.6 Å². The lowest BCUT2D eigenvalue weighted by molar-refractivity contribution is -0.136. The number of imidazole rings is 1. The Labute approximate surface area is 179 Å². The Morgan fingerprint density at radius 1 is 1.07 bits per heavy atom. The Bertz CT molecular complexity index is 986. The second-order valence-corrected chi connectivity index (χ2v) is 9.43. The van der Waals surface area contributed by atoms with Crippen molar-refractivity contribution in [2.45, 2.75) is 65.6 Å². The van der Waals surface area contributed by atoms with Crippen LogP contribution in [-0.4, -0.2) is 31.5 Å². The Kier molecular flexibility index (Phi) is 5.98. The molecular formula is C25H34N4O. The van der Waals surface area contributed by atoms with Crippen LogP contribution < -0.4 is 0 Å². The molecule has 1 aliphatic heterocycles. The number of fused-ring (bicyclic) bond motifs is 1. The molecular weight excluding hydrogens is 372 g/mol. The number of benzene rings is 1. The van der Waals surface area contributed by atoms with Gasteiger partial charge in [0, 0.05) is 25.5 Å². The van der Waals surface area contributed by atoms with E-state index in [1.54, 1.807) is 0 Å². The molecule has 0 bridgehead atoms. The number of carbonyl (C=O) groups excluding carboxylic acids is 1. The number of amides is 1. The van der Waals surface area contributed by atoms with Gasteiger partial charge in [-0.25, -0.2) is 4.98 Å². The lowest BCUT2D eigenvalue weighted by Gasteiger charge is -2.30. The molecule has 0 aliphatic carbocycles. The van der Waals surface area contributed by atoms with Crippen molar-refractivity contribution in [3.05, 3.63) is 54.6 Å². The minimum atomic E-state index is -0.150. The first-order chi connectivity index (χ1) is 14.5. The van der Waals surface area contributed by atoms with Crippen molar-refractivity contribution in [2.75, 3.05) is 6.54 Å². The van der Waals surface area contributed by atoms with Crippen LogP contribution in [0.5, 0.6) is 0 Å². The third kappa shape index (κ3) is 4.03. The van der Waals surface area contributed by atoms with Gasteiger partial charge in [-0.3, -0.25) is 4.79 Å². The molecule has 2 atom stereocenters. The van der Waals surface area contributed by atoms with Crippen LogP contribution in [0, 0.1) is 11.8 Å². The molecule has 5 nitrogen and oxygen atoms in total. The largest absolute Gasteiger partial charge is 0.342 e. The van der Waals surface area contributed by atoms with Gasteiger partial charge in [0.2, 0.25) is 5.91 Å². The van der Waals surface area contributed by atoms with Crippen molar-refractivity contribution in [1.82, 2.24) is 19.0 Å². The summed E-state index contributed by atoms with van der Waals surface area (Å²) < 4.78 is 4.43. The molecule has 2 aromatic heterocycles. The third-order valence-electron chi connectivity index (χ3n) is 6.03. The zero-order chi connectivity index (χ0) is 21.3. The molecule has 1 aliphatic rings. The molecule has 3 aromatic rings. The zero-order valence-electron chi connectivity index (χ0n) is 18.7. The van der Waals surface area contributed by atoms with E-state index in [1.165, 1.54) is 5.52 Å². The van der Waals surface area contributed by atoms with Gasteiger partial charge in [-0.2, -0.15) is 0 Å². The first-order valence-corrected chi connectivity index (χ1v) is 11.3. The van der Waals surface area contributed by atoms with Crippen molar-refractivity contribution < 1.29 is 4.79 Å². The van der Waals surface area contributed by atoms with E-state index >= 15 is 0 Å². The van der Waals surface area contributed by atoms with Gasteiger partial charge in [0.1, 0.15) is 11.9 Å². The van der Waals surface area contributed by atoms with Gasteiger partial charge in [0.05, 0.1) is 17.1 Å². The van der Waals surface area contributed by atoms with Crippen LogP contribution in [-0.2, 0) is 11.3 Å². The summed E-state index contributed by atoms with van der Waals surface area (Å²) in [6, 6.07) is 12.3. The normalized spacial score (nSPS) is 18.1. The average Bonchev–Trinajstić information content (AvgIpc) is 3.45. The average molecular weight is 407 g/mol. The predicted octanol–water partition coefficient (Wildman–Crippen LogP) is 5.44. The first kappa shape index (κ1) is 20.7. The fourth-order valence-electron chi connectivity index (χ4n) is 4.75. The number of hydrogen-bond donors (Lipinski definition) is 0. The van der Waals surface area contributed by atoms with Crippen LogP contribution in [0.4, 0.5) is 0 Å². The fourth-order valence-corrected chi connectivity index (χ4v) is 4.75. The van der Waals surface area contributed by atoms with Crippen LogP contribution in [0.1, 0.15) is 64.9 Å². The monoisotopic (exact) mass is 406 g/mol. The van der Waals surface area contributed by atoms with E-state index in [0.29, 0.717) is 11.8 Å². The third-order valence-corrected chi connectivity index (χ3v) is 6.03. The topological polar surface area (TPSA) is 43.1 Å². The number of likely N-dealkylation sites (tertiary alicyclic amines) is 1. The summed E-state index contributed by atoms with van der Waals surface area (Å²) in [5.74, 6) is 2.24. The van der Waals surface area contributed by atoms with Crippen LogP contribution in [0.3, 0.4) is 0 Å². The fraction of sp³-hybridized carbons (Fsp3) is 0.520. The van der Waals surface area contributed by atoms with E-state index in [2.05, 4.69) is 59.9 Å². The van der Waals surface area contributed by atoms with Crippen molar-refractivity contribution in [3.8, 4) is 0 Å². The number of nitrogens with zero attached hydrogens (tertiary/aromatic N) is 4. The molecule has 1 aromatic carbocycles. The highest BCUT2D eigenvalue weighted by molar-refractivity contribution is 5.82. The maximum atomic E-state index is 13.8. The Morgan fingerprint density at radius 3 is 2.50 bits per heavy atom. The Morgan fingerprint density at radius 2 is 1.80 bits per heavy atom. The number of aromatic nitrogens is 3. The smallest absolute Gasteiger partial charge is 0.246 e. The first-order valence-electron chi connectivity index (χ1n) is 11.3. The molecule has 3 heterocycles. The van der Waals surface area contributed by atoms with Gasteiger partial charge in [0.15, 0.2) is 0 Å². The van der Waals surface area contributed by atoms with Crippen molar-refractivity contribution in [1.29, 1.82) is 0 Å². The number of para-hydroxylation sites is 2. The Balaban J connectivity index is 1.70.